The number of nitrogens with zero attached hydrogens (tertiary/aromatic N) is 3. The Kier molecular flexibility index (Phi) is 5.48. The molecule has 0 unspecified atom stereocenters. The van der Waals surface area contributed by atoms with E-state index < -0.39 is 0 Å². The van der Waals surface area contributed by atoms with E-state index in [1.165, 1.54) is 56.6 Å². The van der Waals surface area contributed by atoms with Crippen molar-refractivity contribution in [3.8, 4) is 0 Å². The van der Waals surface area contributed by atoms with Gasteiger partial charge in [0.15, 0.2) is 12.4 Å². The maximum Gasteiger partial charge on any atom is 0.252 e. The van der Waals surface area contributed by atoms with Gasteiger partial charge in [0, 0.05) is 43.5 Å². The number of carbonyl (C=O) groups is 1. The van der Waals surface area contributed by atoms with Crippen LogP contribution in [-0.2, 0) is 6.54 Å². The molecule has 1 aliphatic rings. The summed E-state index contributed by atoms with van der Waals surface area (Å²) in [5.74, 6) is 0.732. The Morgan fingerprint density at radius 2 is 2.00 bits per heavy atom. The Morgan fingerprint density at radius 1 is 1.28 bits per heavy atom. The highest BCUT2D eigenvalue weighted by molar-refractivity contribution is 5.93. The molecule has 0 radical (unpaired) electrons. The van der Waals surface area contributed by atoms with Crippen LogP contribution in [0.2, 0.25) is 0 Å². The number of nitrogens with one attached hydrogen (secondary N) is 1. The van der Waals surface area contributed by atoms with Crippen LogP contribution < -0.4 is 14.9 Å². The molecule has 1 N–H and O–H groups in total. The molecule has 2 aromatic rings. The van der Waals surface area contributed by atoms with E-state index >= 15 is 0 Å². The van der Waals surface area contributed by atoms with Gasteiger partial charge in [-0.15, -0.1) is 0 Å². The molecule has 132 valence electrons. The summed E-state index contributed by atoms with van der Waals surface area (Å²) in [5, 5.41) is 14.0. The molecule has 2 aromatic heterocycles. The van der Waals surface area contributed by atoms with Crippen LogP contribution >= 0.6 is 0 Å². The van der Waals surface area contributed by atoms with E-state index in [1.54, 1.807) is 6.20 Å². The van der Waals surface area contributed by atoms with Crippen molar-refractivity contribution in [1.82, 2.24) is 10.3 Å². The fraction of sp³-hybridized carbons (Fsp3) is 0.421. The van der Waals surface area contributed by atoms with Gasteiger partial charge < -0.3 is 15.4 Å². The second-order valence-electron chi connectivity index (χ2n) is 6.52. The van der Waals surface area contributed by atoms with E-state index in [2.05, 4.69) is 22.2 Å². The van der Waals surface area contributed by atoms with Gasteiger partial charge in [0.05, 0.1) is 5.56 Å². The fourth-order valence-corrected chi connectivity index (χ4v) is 3.37. The summed E-state index contributed by atoms with van der Waals surface area (Å²) < 4.78 is 0.662. The van der Waals surface area contributed by atoms with Crippen molar-refractivity contribution < 1.29 is 9.52 Å². The van der Waals surface area contributed by atoms with E-state index in [-0.39, 0.29) is 5.91 Å². The molecule has 6 nitrogen and oxygen atoms in total. The number of hydrogen-bond acceptors (Lipinski definition) is 4. The summed E-state index contributed by atoms with van der Waals surface area (Å²) in [6.07, 6.45) is 10.7. The minimum Gasteiger partial charge on any atom is -0.619 e. The third-order valence-electron chi connectivity index (χ3n) is 4.83. The van der Waals surface area contributed by atoms with Crippen molar-refractivity contribution >= 4 is 11.7 Å². The van der Waals surface area contributed by atoms with Gasteiger partial charge >= 0.3 is 0 Å². The summed E-state index contributed by atoms with van der Waals surface area (Å²) in [6.45, 7) is 0.408. The lowest BCUT2D eigenvalue weighted by atomic mass is 9.94. The molecule has 1 fully saturated rings. The van der Waals surface area contributed by atoms with Crippen LogP contribution in [0.3, 0.4) is 0 Å². The van der Waals surface area contributed by atoms with E-state index in [1.807, 2.05) is 12.1 Å². The summed E-state index contributed by atoms with van der Waals surface area (Å²) in [4.78, 5) is 19.1. The van der Waals surface area contributed by atoms with Crippen LogP contribution in [0, 0.1) is 5.21 Å². The number of pyridine rings is 2. The van der Waals surface area contributed by atoms with Gasteiger partial charge in [-0.25, -0.2) is 4.98 Å². The SMILES string of the molecule is CN(c1ncccc1CNC(=O)c1cc[n+]([O-])cc1)C1CCCCC1. The first-order valence-corrected chi connectivity index (χ1v) is 8.79. The highest BCUT2D eigenvalue weighted by Gasteiger charge is 2.21. The maximum absolute atomic E-state index is 12.3. The van der Waals surface area contributed by atoms with E-state index in [9.17, 15) is 10.0 Å². The molecule has 25 heavy (non-hydrogen) atoms. The number of amides is 1. The molecule has 0 spiro atoms. The quantitative estimate of drug-likeness (QED) is 0.670. The standard InChI is InChI=1S/C19H24N4O2/c1-22(17-7-3-2-4-8-17)18-16(6-5-11-20-18)14-21-19(24)15-9-12-23(25)13-10-15/h5-6,9-13,17H,2-4,7-8,14H2,1H3,(H,21,24). The maximum atomic E-state index is 12.3. The van der Waals surface area contributed by atoms with Gasteiger partial charge in [-0.05, 0) is 18.9 Å². The molecule has 1 aliphatic carbocycles. The third-order valence-corrected chi connectivity index (χ3v) is 4.83. The van der Waals surface area contributed by atoms with Gasteiger partial charge in [0.25, 0.3) is 5.91 Å². The third kappa shape index (κ3) is 4.26. The molecule has 0 aromatic carbocycles. The Bertz CT molecular complexity index is 712. The number of aromatic nitrogens is 2. The van der Waals surface area contributed by atoms with E-state index in [0.29, 0.717) is 22.9 Å². The Hall–Kier alpha value is -2.63. The molecule has 1 saturated carbocycles. The number of hydrogen-bond donors (Lipinski definition) is 1. The normalized spacial score (nSPS) is 14.9. The first kappa shape index (κ1) is 17.2. The van der Waals surface area contributed by atoms with E-state index in [0.717, 1.165) is 11.4 Å². The van der Waals surface area contributed by atoms with Crippen LogP contribution in [-0.4, -0.2) is 24.0 Å². The van der Waals surface area contributed by atoms with Crippen LogP contribution in [0.5, 0.6) is 0 Å². The Balaban J connectivity index is 1.68. The first-order chi connectivity index (χ1) is 12.1. The van der Waals surface area contributed by atoms with Crippen molar-refractivity contribution in [1.29, 1.82) is 0 Å². The lowest BCUT2D eigenvalue weighted by Gasteiger charge is -2.33. The molecular weight excluding hydrogens is 316 g/mol. The summed E-state index contributed by atoms with van der Waals surface area (Å²) >= 11 is 0. The lowest BCUT2D eigenvalue weighted by molar-refractivity contribution is -0.605. The van der Waals surface area contributed by atoms with Crippen molar-refractivity contribution in [3.63, 3.8) is 0 Å². The van der Waals surface area contributed by atoms with Crippen LogP contribution in [0.4, 0.5) is 5.82 Å². The van der Waals surface area contributed by atoms with Gasteiger partial charge in [-0.1, -0.05) is 25.3 Å². The molecule has 6 heteroatoms. The second-order valence-corrected chi connectivity index (χ2v) is 6.52. The van der Waals surface area contributed by atoms with Gasteiger partial charge in [-0.3, -0.25) is 4.79 Å². The van der Waals surface area contributed by atoms with Crippen LogP contribution in [0.1, 0.15) is 48.0 Å². The minimum atomic E-state index is -0.198. The van der Waals surface area contributed by atoms with Gasteiger partial charge in [-0.2, -0.15) is 4.73 Å². The molecule has 0 bridgehead atoms. The predicted molar refractivity (Wildman–Crippen MR) is 96.1 cm³/mol. The van der Waals surface area contributed by atoms with Crippen molar-refractivity contribution in [2.75, 3.05) is 11.9 Å². The molecule has 0 saturated heterocycles. The topological polar surface area (TPSA) is 72.2 Å². The van der Waals surface area contributed by atoms with Crippen molar-refractivity contribution in [2.24, 2.45) is 0 Å². The van der Waals surface area contributed by atoms with Crippen LogP contribution in [0.25, 0.3) is 0 Å². The molecular formula is C19H24N4O2. The van der Waals surface area contributed by atoms with Crippen LogP contribution in [0.15, 0.2) is 42.9 Å². The monoisotopic (exact) mass is 340 g/mol. The Labute approximate surface area is 148 Å². The summed E-state index contributed by atoms with van der Waals surface area (Å²) in [6, 6.07) is 7.43. The molecule has 1 amide bonds. The van der Waals surface area contributed by atoms with Gasteiger partial charge in [0.2, 0.25) is 0 Å². The number of anilines is 1. The molecule has 0 atom stereocenters. The predicted octanol–water partition coefficient (Wildman–Crippen LogP) is 2.41. The first-order valence-electron chi connectivity index (χ1n) is 8.79. The average Bonchev–Trinajstić information content (AvgIpc) is 2.67. The summed E-state index contributed by atoms with van der Waals surface area (Å²) in [5.41, 5.74) is 1.47. The zero-order valence-corrected chi connectivity index (χ0v) is 14.5. The summed E-state index contributed by atoms with van der Waals surface area (Å²) in [7, 11) is 2.09. The van der Waals surface area contributed by atoms with E-state index in [4.69, 9.17) is 0 Å². The average molecular weight is 340 g/mol. The second kappa shape index (κ2) is 7.96. The lowest BCUT2D eigenvalue weighted by Crippen LogP contribution is -2.35. The minimum absolute atomic E-state index is 0.198. The largest absolute Gasteiger partial charge is 0.619 e. The van der Waals surface area contributed by atoms with Crippen molar-refractivity contribution in [3.05, 3.63) is 59.2 Å². The zero-order chi connectivity index (χ0) is 17.6. The Morgan fingerprint density at radius 3 is 2.72 bits per heavy atom. The number of rotatable bonds is 5. The van der Waals surface area contributed by atoms with Gasteiger partial charge in [0.1, 0.15) is 5.82 Å². The zero-order valence-electron chi connectivity index (χ0n) is 14.5. The van der Waals surface area contributed by atoms with Crippen molar-refractivity contribution in [2.45, 2.75) is 44.7 Å². The molecule has 2 heterocycles. The molecule has 0 aliphatic heterocycles. The highest BCUT2D eigenvalue weighted by Crippen LogP contribution is 2.26. The highest BCUT2D eigenvalue weighted by atomic mass is 16.5. The number of carbonyl (C=O) groups excluding carboxylic acids is 1. The fourth-order valence-electron chi connectivity index (χ4n) is 3.37. The smallest absolute Gasteiger partial charge is 0.252 e. The molecule has 3 rings (SSSR count).